The van der Waals surface area contributed by atoms with Gasteiger partial charge in [-0.25, -0.2) is 0 Å². The first-order valence-electron chi connectivity index (χ1n) is 11.4. The third-order valence-corrected chi connectivity index (χ3v) is 7.31. The summed E-state index contributed by atoms with van der Waals surface area (Å²) < 4.78 is 6.14. The van der Waals surface area contributed by atoms with Crippen LogP contribution in [0, 0.1) is 0 Å². The Bertz CT molecular complexity index is 1000. The molecule has 3 aromatic carbocycles. The van der Waals surface area contributed by atoms with E-state index in [2.05, 4.69) is 71.6 Å². The van der Waals surface area contributed by atoms with Gasteiger partial charge in [0, 0.05) is 18.5 Å². The number of nitrogens with zero attached hydrogens (tertiary/aromatic N) is 1. The molecule has 0 radical (unpaired) electrons. The van der Waals surface area contributed by atoms with E-state index in [1.165, 1.54) is 16.7 Å². The molecule has 0 saturated carbocycles. The maximum absolute atomic E-state index is 11.2. The SMILES string of the molecule is Cl.OC1(c2ccccc2)CCN(CCC2(c3ccccc3)COCc3ccccc32)CC1. The Kier molecular flexibility index (Phi) is 7.02. The molecule has 1 atom stereocenters. The summed E-state index contributed by atoms with van der Waals surface area (Å²) in [6.07, 6.45) is 2.57. The van der Waals surface area contributed by atoms with Crippen molar-refractivity contribution in [1.29, 1.82) is 0 Å². The van der Waals surface area contributed by atoms with Gasteiger partial charge in [-0.2, -0.15) is 0 Å². The number of hydrogen-bond donors (Lipinski definition) is 1. The number of aliphatic hydroxyl groups is 1. The first-order chi connectivity index (χ1) is 15.2. The maximum Gasteiger partial charge on any atom is 0.0920 e. The minimum absolute atomic E-state index is 0. The molecule has 168 valence electrons. The summed E-state index contributed by atoms with van der Waals surface area (Å²) in [6.45, 7) is 4.24. The normalized spacial score (nSPS) is 22.5. The van der Waals surface area contributed by atoms with Crippen molar-refractivity contribution >= 4 is 12.4 Å². The van der Waals surface area contributed by atoms with Crippen molar-refractivity contribution in [3.05, 3.63) is 107 Å². The van der Waals surface area contributed by atoms with Crippen molar-refractivity contribution in [2.24, 2.45) is 0 Å². The molecule has 0 spiro atoms. The van der Waals surface area contributed by atoms with Crippen LogP contribution in [0.3, 0.4) is 0 Å². The highest BCUT2D eigenvalue weighted by Crippen LogP contribution is 2.42. The van der Waals surface area contributed by atoms with Crippen molar-refractivity contribution in [2.45, 2.75) is 36.9 Å². The third kappa shape index (κ3) is 4.35. The van der Waals surface area contributed by atoms with Gasteiger partial charge >= 0.3 is 0 Å². The number of benzene rings is 3. The van der Waals surface area contributed by atoms with Crippen molar-refractivity contribution in [3.63, 3.8) is 0 Å². The standard InChI is InChI=1S/C28H31NO2.ClH/c30-28(25-12-5-2-6-13-25)16-19-29(20-17-28)18-15-27(24-10-3-1-4-11-24)22-31-21-23-9-7-8-14-26(23)27;/h1-14,30H,15-22H2;1H. The van der Waals surface area contributed by atoms with Crippen molar-refractivity contribution < 1.29 is 9.84 Å². The Balaban J connectivity index is 0.00000245. The second kappa shape index (κ2) is 9.76. The molecule has 1 N–H and O–H groups in total. The summed E-state index contributed by atoms with van der Waals surface area (Å²) in [4.78, 5) is 2.51. The molecule has 3 nitrogen and oxygen atoms in total. The lowest BCUT2D eigenvalue weighted by molar-refractivity contribution is -0.0283. The number of halogens is 1. The van der Waals surface area contributed by atoms with E-state index in [0.29, 0.717) is 6.61 Å². The second-order valence-corrected chi connectivity index (χ2v) is 9.09. The Morgan fingerprint density at radius 2 is 1.38 bits per heavy atom. The molecule has 0 bridgehead atoms. The van der Waals surface area contributed by atoms with Crippen molar-refractivity contribution in [3.8, 4) is 0 Å². The molecular formula is C28H32ClNO2. The van der Waals surface area contributed by atoms with E-state index in [1.54, 1.807) is 0 Å². The Labute approximate surface area is 197 Å². The number of rotatable bonds is 5. The lowest BCUT2D eigenvalue weighted by Crippen LogP contribution is -2.46. The van der Waals surface area contributed by atoms with E-state index in [1.807, 2.05) is 18.2 Å². The first kappa shape index (κ1) is 23.0. The lowest BCUT2D eigenvalue weighted by Gasteiger charge is -2.43. The van der Waals surface area contributed by atoms with Crippen LogP contribution in [0.5, 0.6) is 0 Å². The molecular weight excluding hydrogens is 418 g/mol. The largest absolute Gasteiger partial charge is 0.385 e. The minimum atomic E-state index is -0.699. The molecule has 2 aliphatic rings. The van der Waals surface area contributed by atoms with Gasteiger partial charge in [-0.15, -0.1) is 12.4 Å². The second-order valence-electron chi connectivity index (χ2n) is 9.09. The average molecular weight is 450 g/mol. The van der Waals surface area contributed by atoms with E-state index < -0.39 is 5.60 Å². The van der Waals surface area contributed by atoms with Gasteiger partial charge in [0.05, 0.1) is 18.8 Å². The minimum Gasteiger partial charge on any atom is -0.385 e. The van der Waals surface area contributed by atoms with E-state index in [-0.39, 0.29) is 17.8 Å². The highest BCUT2D eigenvalue weighted by molar-refractivity contribution is 5.85. The molecule has 5 rings (SSSR count). The van der Waals surface area contributed by atoms with Crippen LogP contribution in [-0.4, -0.2) is 36.2 Å². The lowest BCUT2D eigenvalue weighted by atomic mass is 9.70. The zero-order valence-electron chi connectivity index (χ0n) is 18.5. The van der Waals surface area contributed by atoms with E-state index in [9.17, 15) is 5.11 Å². The number of hydrogen-bond acceptors (Lipinski definition) is 3. The Morgan fingerprint density at radius 1 is 0.781 bits per heavy atom. The van der Waals surface area contributed by atoms with Gasteiger partial charge in [-0.3, -0.25) is 0 Å². The van der Waals surface area contributed by atoms with Crippen LogP contribution in [0.4, 0.5) is 0 Å². The fourth-order valence-corrected chi connectivity index (χ4v) is 5.41. The molecule has 1 saturated heterocycles. The van der Waals surface area contributed by atoms with Gasteiger partial charge in [0.25, 0.3) is 0 Å². The quantitative estimate of drug-likeness (QED) is 0.573. The first-order valence-corrected chi connectivity index (χ1v) is 11.4. The predicted octanol–water partition coefficient (Wildman–Crippen LogP) is 5.30. The molecule has 0 aliphatic carbocycles. The number of likely N-dealkylation sites (tertiary alicyclic amines) is 1. The van der Waals surface area contributed by atoms with Crippen LogP contribution >= 0.6 is 12.4 Å². The van der Waals surface area contributed by atoms with Crippen LogP contribution < -0.4 is 0 Å². The van der Waals surface area contributed by atoms with Crippen LogP contribution in [0.15, 0.2) is 84.9 Å². The average Bonchev–Trinajstić information content (AvgIpc) is 2.85. The molecule has 1 fully saturated rings. The van der Waals surface area contributed by atoms with Gasteiger partial charge < -0.3 is 14.7 Å². The van der Waals surface area contributed by atoms with Crippen LogP contribution in [0.1, 0.15) is 41.5 Å². The highest BCUT2D eigenvalue weighted by atomic mass is 35.5. The number of fused-ring (bicyclic) bond motifs is 1. The van der Waals surface area contributed by atoms with Crippen molar-refractivity contribution in [2.75, 3.05) is 26.2 Å². The van der Waals surface area contributed by atoms with Gasteiger partial charge in [-0.05, 0) is 48.1 Å². The predicted molar refractivity (Wildman–Crippen MR) is 131 cm³/mol. The van der Waals surface area contributed by atoms with Crippen molar-refractivity contribution in [1.82, 2.24) is 4.90 Å². The zero-order valence-corrected chi connectivity index (χ0v) is 19.3. The third-order valence-electron chi connectivity index (χ3n) is 7.31. The fraction of sp³-hybridized carbons (Fsp3) is 0.357. The summed E-state index contributed by atoms with van der Waals surface area (Å²) in [5, 5.41) is 11.2. The van der Waals surface area contributed by atoms with Gasteiger partial charge in [-0.1, -0.05) is 84.9 Å². The topological polar surface area (TPSA) is 32.7 Å². The monoisotopic (exact) mass is 449 g/mol. The Hall–Kier alpha value is -2.17. The molecule has 1 unspecified atom stereocenters. The molecule has 2 aliphatic heterocycles. The summed E-state index contributed by atoms with van der Waals surface area (Å²) in [5.74, 6) is 0. The number of ether oxygens (including phenoxy) is 1. The smallest absolute Gasteiger partial charge is 0.0920 e. The molecule has 0 aromatic heterocycles. The summed E-state index contributed by atoms with van der Waals surface area (Å²) in [7, 11) is 0. The van der Waals surface area contributed by atoms with Gasteiger partial charge in [0.2, 0.25) is 0 Å². The summed E-state index contributed by atoms with van der Waals surface area (Å²) in [5.41, 5.74) is 4.27. The van der Waals surface area contributed by atoms with Gasteiger partial charge in [0.15, 0.2) is 0 Å². The van der Waals surface area contributed by atoms with Crippen LogP contribution in [0.2, 0.25) is 0 Å². The summed E-state index contributed by atoms with van der Waals surface area (Å²) >= 11 is 0. The maximum atomic E-state index is 11.2. The Morgan fingerprint density at radius 3 is 2.06 bits per heavy atom. The van der Waals surface area contributed by atoms with E-state index in [0.717, 1.165) is 51.1 Å². The molecule has 4 heteroatoms. The molecule has 3 aromatic rings. The van der Waals surface area contributed by atoms with Crippen LogP contribution in [-0.2, 0) is 22.4 Å². The van der Waals surface area contributed by atoms with Crippen LogP contribution in [0.25, 0.3) is 0 Å². The van der Waals surface area contributed by atoms with E-state index >= 15 is 0 Å². The summed E-state index contributed by atoms with van der Waals surface area (Å²) in [6, 6.07) is 29.7. The molecule has 0 amide bonds. The molecule has 32 heavy (non-hydrogen) atoms. The van der Waals surface area contributed by atoms with E-state index in [4.69, 9.17) is 4.74 Å². The molecule has 2 heterocycles. The van der Waals surface area contributed by atoms with Gasteiger partial charge in [0.1, 0.15) is 0 Å². The fourth-order valence-electron chi connectivity index (χ4n) is 5.41. The highest BCUT2D eigenvalue weighted by Gasteiger charge is 2.40. The zero-order chi connectivity index (χ0) is 21.2. The number of piperidine rings is 1.